The number of pyridine rings is 1. The van der Waals surface area contributed by atoms with Crippen LogP contribution in [0.15, 0.2) is 36.7 Å². The molecule has 2 N–H and O–H groups in total. The Morgan fingerprint density at radius 3 is 3.06 bits per heavy atom. The Balaban J connectivity index is 1.89. The van der Waals surface area contributed by atoms with E-state index in [1.54, 1.807) is 6.20 Å². The maximum absolute atomic E-state index is 13.1. The van der Waals surface area contributed by atoms with Crippen molar-refractivity contribution in [2.75, 3.05) is 17.2 Å². The monoisotopic (exact) mass is 243 g/mol. The van der Waals surface area contributed by atoms with Gasteiger partial charge >= 0.3 is 0 Å². The number of benzene rings is 1. The van der Waals surface area contributed by atoms with Crippen molar-refractivity contribution in [3.63, 3.8) is 0 Å². The topological polar surface area (TPSA) is 42.1 Å². The molecule has 4 heteroatoms. The van der Waals surface area contributed by atoms with Gasteiger partial charge in [0, 0.05) is 19.3 Å². The van der Waals surface area contributed by atoms with Crippen molar-refractivity contribution in [3.8, 4) is 0 Å². The lowest BCUT2D eigenvalue weighted by atomic mass is 10.1. The van der Waals surface area contributed by atoms with Gasteiger partial charge in [-0.15, -0.1) is 0 Å². The lowest BCUT2D eigenvalue weighted by Crippen LogP contribution is -2.20. The minimum atomic E-state index is -0.298. The second-order valence-electron chi connectivity index (χ2n) is 4.54. The molecule has 92 valence electrons. The average molecular weight is 243 g/mol. The zero-order valence-corrected chi connectivity index (χ0v) is 9.94. The van der Waals surface area contributed by atoms with Crippen LogP contribution in [0.3, 0.4) is 0 Å². The van der Waals surface area contributed by atoms with E-state index in [9.17, 15) is 4.39 Å². The van der Waals surface area contributed by atoms with Gasteiger partial charge in [-0.2, -0.15) is 0 Å². The number of aromatic nitrogens is 1. The molecule has 0 amide bonds. The van der Waals surface area contributed by atoms with Crippen molar-refractivity contribution in [3.05, 3.63) is 53.6 Å². The summed E-state index contributed by atoms with van der Waals surface area (Å²) in [5.41, 5.74) is 10.0. The van der Waals surface area contributed by atoms with E-state index < -0.39 is 0 Å². The van der Waals surface area contributed by atoms with Gasteiger partial charge in [-0.25, -0.2) is 4.39 Å². The normalized spacial score (nSPS) is 13.7. The lowest BCUT2D eigenvalue weighted by molar-refractivity contribution is 0.617. The van der Waals surface area contributed by atoms with E-state index in [2.05, 4.69) is 16.0 Å². The zero-order chi connectivity index (χ0) is 12.5. The first kappa shape index (κ1) is 11.0. The first-order valence-corrected chi connectivity index (χ1v) is 5.96. The van der Waals surface area contributed by atoms with Crippen LogP contribution in [0, 0.1) is 5.82 Å². The number of hydrogen-bond donors (Lipinski definition) is 1. The molecule has 1 aliphatic rings. The van der Waals surface area contributed by atoms with Crippen LogP contribution >= 0.6 is 0 Å². The third-order valence-corrected chi connectivity index (χ3v) is 3.25. The van der Waals surface area contributed by atoms with E-state index in [4.69, 9.17) is 5.73 Å². The van der Waals surface area contributed by atoms with Crippen LogP contribution in [0.25, 0.3) is 0 Å². The number of para-hydroxylation sites is 1. The summed E-state index contributed by atoms with van der Waals surface area (Å²) in [5.74, 6) is -0.298. The van der Waals surface area contributed by atoms with Gasteiger partial charge in [-0.1, -0.05) is 12.1 Å². The number of anilines is 2. The lowest BCUT2D eigenvalue weighted by Gasteiger charge is -2.20. The van der Waals surface area contributed by atoms with Crippen molar-refractivity contribution in [1.82, 2.24) is 4.98 Å². The number of nitrogen functional groups attached to an aromatic ring is 1. The van der Waals surface area contributed by atoms with Crippen LogP contribution in [0.2, 0.25) is 0 Å². The molecule has 0 atom stereocenters. The van der Waals surface area contributed by atoms with Gasteiger partial charge < -0.3 is 10.6 Å². The first-order valence-electron chi connectivity index (χ1n) is 5.96. The Kier molecular flexibility index (Phi) is 2.63. The summed E-state index contributed by atoms with van der Waals surface area (Å²) in [6.07, 6.45) is 3.90. The highest BCUT2D eigenvalue weighted by Crippen LogP contribution is 2.34. The maximum Gasteiger partial charge on any atom is 0.141 e. The van der Waals surface area contributed by atoms with E-state index >= 15 is 0 Å². The molecule has 1 aliphatic heterocycles. The van der Waals surface area contributed by atoms with Crippen molar-refractivity contribution in [2.24, 2.45) is 0 Å². The fourth-order valence-corrected chi connectivity index (χ4v) is 2.49. The van der Waals surface area contributed by atoms with Crippen molar-refractivity contribution >= 4 is 11.4 Å². The minimum Gasteiger partial charge on any atom is -0.397 e. The molecule has 18 heavy (non-hydrogen) atoms. The van der Waals surface area contributed by atoms with Crippen LogP contribution in [0.4, 0.5) is 15.8 Å². The van der Waals surface area contributed by atoms with E-state index in [0.29, 0.717) is 6.54 Å². The van der Waals surface area contributed by atoms with Gasteiger partial charge in [0.05, 0.1) is 17.6 Å². The summed E-state index contributed by atoms with van der Waals surface area (Å²) < 4.78 is 13.1. The molecule has 2 aromatic rings. The predicted molar refractivity (Wildman–Crippen MR) is 69.8 cm³/mol. The number of nitrogens with two attached hydrogens (primary N) is 1. The number of nitrogens with zero attached hydrogens (tertiary/aromatic N) is 2. The molecule has 1 aromatic heterocycles. The van der Waals surface area contributed by atoms with Gasteiger partial charge in [0.15, 0.2) is 0 Å². The molecule has 0 saturated heterocycles. The van der Waals surface area contributed by atoms with E-state index in [1.807, 2.05) is 12.1 Å². The second kappa shape index (κ2) is 4.29. The molecule has 3 rings (SSSR count). The smallest absolute Gasteiger partial charge is 0.141 e. The van der Waals surface area contributed by atoms with Crippen LogP contribution in [-0.4, -0.2) is 11.5 Å². The van der Waals surface area contributed by atoms with Gasteiger partial charge in [0.1, 0.15) is 5.82 Å². The third-order valence-electron chi connectivity index (χ3n) is 3.25. The van der Waals surface area contributed by atoms with Crippen LogP contribution in [0.5, 0.6) is 0 Å². The van der Waals surface area contributed by atoms with Gasteiger partial charge in [0.25, 0.3) is 0 Å². The highest BCUT2D eigenvalue weighted by atomic mass is 19.1. The molecular weight excluding hydrogens is 229 g/mol. The number of rotatable bonds is 2. The molecule has 0 bridgehead atoms. The molecule has 0 saturated carbocycles. The van der Waals surface area contributed by atoms with Gasteiger partial charge in [-0.05, 0) is 29.7 Å². The van der Waals surface area contributed by atoms with Crippen molar-refractivity contribution in [1.29, 1.82) is 0 Å². The maximum atomic E-state index is 13.1. The minimum absolute atomic E-state index is 0.298. The van der Waals surface area contributed by atoms with Crippen LogP contribution in [0.1, 0.15) is 11.1 Å². The molecule has 0 spiro atoms. The Bertz CT molecular complexity index is 583. The van der Waals surface area contributed by atoms with Crippen LogP contribution < -0.4 is 10.6 Å². The summed E-state index contributed by atoms with van der Waals surface area (Å²) in [4.78, 5) is 6.05. The second-order valence-corrected chi connectivity index (χ2v) is 4.54. The summed E-state index contributed by atoms with van der Waals surface area (Å²) in [6.45, 7) is 1.56. The summed E-state index contributed by atoms with van der Waals surface area (Å²) >= 11 is 0. The molecule has 0 fully saturated rings. The summed E-state index contributed by atoms with van der Waals surface area (Å²) in [6, 6.07) is 7.49. The van der Waals surface area contributed by atoms with E-state index in [1.165, 1.54) is 17.8 Å². The van der Waals surface area contributed by atoms with Crippen molar-refractivity contribution in [2.45, 2.75) is 13.0 Å². The molecule has 0 unspecified atom stereocenters. The highest BCUT2D eigenvalue weighted by Gasteiger charge is 2.21. The van der Waals surface area contributed by atoms with Gasteiger partial charge in [-0.3, -0.25) is 4.98 Å². The molecule has 0 aliphatic carbocycles. The standard InChI is InChI=1S/C14H14FN3/c15-12-6-10(7-17-8-12)9-18-5-4-11-2-1-3-13(16)14(11)18/h1-3,6-8H,4-5,9,16H2. The number of halogens is 1. The average Bonchev–Trinajstić information content (AvgIpc) is 2.74. The first-order chi connectivity index (χ1) is 8.74. The van der Waals surface area contributed by atoms with E-state index in [-0.39, 0.29) is 5.82 Å². The van der Waals surface area contributed by atoms with E-state index in [0.717, 1.165) is 29.9 Å². The molecular formula is C14H14FN3. The molecule has 2 heterocycles. The predicted octanol–water partition coefficient (Wildman–Crippen LogP) is 2.37. The Morgan fingerprint density at radius 1 is 1.33 bits per heavy atom. The molecule has 3 nitrogen and oxygen atoms in total. The number of hydrogen-bond acceptors (Lipinski definition) is 3. The van der Waals surface area contributed by atoms with Gasteiger partial charge in [0.2, 0.25) is 0 Å². The van der Waals surface area contributed by atoms with Crippen molar-refractivity contribution < 1.29 is 4.39 Å². The Morgan fingerprint density at radius 2 is 2.22 bits per heavy atom. The zero-order valence-electron chi connectivity index (χ0n) is 9.94. The fraction of sp³-hybridized carbons (Fsp3) is 0.214. The third kappa shape index (κ3) is 1.90. The highest BCUT2D eigenvalue weighted by molar-refractivity contribution is 5.74. The summed E-state index contributed by atoms with van der Waals surface area (Å²) in [5, 5.41) is 0. The SMILES string of the molecule is Nc1cccc2c1N(Cc1cncc(F)c1)CC2. The fourth-order valence-electron chi connectivity index (χ4n) is 2.49. The van der Waals surface area contributed by atoms with Crippen LogP contribution in [-0.2, 0) is 13.0 Å². The molecule has 1 aromatic carbocycles. The quantitative estimate of drug-likeness (QED) is 0.823. The Labute approximate surface area is 105 Å². The summed E-state index contributed by atoms with van der Waals surface area (Å²) in [7, 11) is 0. The largest absolute Gasteiger partial charge is 0.397 e. The Hall–Kier alpha value is -2.10. The number of fused-ring (bicyclic) bond motifs is 1. The molecule has 0 radical (unpaired) electrons.